The van der Waals surface area contributed by atoms with Crippen molar-refractivity contribution in [2.24, 2.45) is 5.73 Å². The first-order chi connectivity index (χ1) is 9.70. The lowest BCUT2D eigenvalue weighted by molar-refractivity contribution is 0.228. The van der Waals surface area contributed by atoms with Gasteiger partial charge in [-0.05, 0) is 44.1 Å². The number of benzene rings is 1. The van der Waals surface area contributed by atoms with E-state index < -0.39 is 0 Å². The molecule has 0 radical (unpaired) electrons. The van der Waals surface area contributed by atoms with Crippen molar-refractivity contribution in [2.75, 3.05) is 0 Å². The van der Waals surface area contributed by atoms with Crippen molar-refractivity contribution in [3.8, 4) is 0 Å². The zero-order valence-corrected chi connectivity index (χ0v) is 11.5. The molecule has 0 bridgehead atoms. The Morgan fingerprint density at radius 3 is 2.45 bits per heavy atom. The SMILES string of the molecule is NC1(c2noc(C3(Cc4ccccc4)CC3)n2)CCC1. The molecule has 0 atom stereocenters. The second-order valence-electron chi connectivity index (χ2n) is 6.38. The molecule has 2 aliphatic rings. The third-order valence-corrected chi connectivity index (χ3v) is 4.81. The lowest BCUT2D eigenvalue weighted by Crippen LogP contribution is -2.44. The molecule has 0 saturated heterocycles. The highest BCUT2D eigenvalue weighted by atomic mass is 16.5. The minimum atomic E-state index is -0.329. The van der Waals surface area contributed by atoms with E-state index >= 15 is 0 Å². The highest BCUT2D eigenvalue weighted by Crippen LogP contribution is 2.50. The average Bonchev–Trinajstić information content (AvgIpc) is 3.03. The van der Waals surface area contributed by atoms with E-state index in [1.807, 2.05) is 6.07 Å². The molecule has 104 valence electrons. The van der Waals surface area contributed by atoms with Gasteiger partial charge >= 0.3 is 0 Å². The van der Waals surface area contributed by atoms with Crippen LogP contribution in [0.25, 0.3) is 0 Å². The van der Waals surface area contributed by atoms with Crippen LogP contribution < -0.4 is 5.73 Å². The van der Waals surface area contributed by atoms with Crippen molar-refractivity contribution in [1.82, 2.24) is 10.1 Å². The fourth-order valence-electron chi connectivity index (χ4n) is 3.03. The maximum absolute atomic E-state index is 6.27. The Kier molecular flexibility index (Phi) is 2.51. The zero-order valence-electron chi connectivity index (χ0n) is 11.5. The van der Waals surface area contributed by atoms with Crippen LogP contribution in [0.2, 0.25) is 0 Å². The Bertz CT molecular complexity index is 612. The van der Waals surface area contributed by atoms with Gasteiger partial charge in [-0.3, -0.25) is 0 Å². The van der Waals surface area contributed by atoms with Gasteiger partial charge in [0.15, 0.2) is 5.82 Å². The Morgan fingerprint density at radius 1 is 1.10 bits per heavy atom. The van der Waals surface area contributed by atoms with Crippen LogP contribution in [-0.4, -0.2) is 10.1 Å². The van der Waals surface area contributed by atoms with Crippen molar-refractivity contribution < 1.29 is 4.52 Å². The van der Waals surface area contributed by atoms with E-state index in [1.165, 1.54) is 5.56 Å². The molecule has 2 fully saturated rings. The molecule has 2 aliphatic carbocycles. The fourth-order valence-corrected chi connectivity index (χ4v) is 3.03. The minimum Gasteiger partial charge on any atom is -0.339 e. The van der Waals surface area contributed by atoms with E-state index in [4.69, 9.17) is 10.3 Å². The van der Waals surface area contributed by atoms with Gasteiger partial charge in [0.2, 0.25) is 5.89 Å². The quantitative estimate of drug-likeness (QED) is 0.926. The molecular formula is C16H19N3O. The summed E-state index contributed by atoms with van der Waals surface area (Å²) >= 11 is 0. The first-order valence-electron chi connectivity index (χ1n) is 7.38. The molecule has 1 aromatic carbocycles. The molecule has 4 rings (SSSR count). The van der Waals surface area contributed by atoms with Gasteiger partial charge in [-0.15, -0.1) is 0 Å². The molecule has 2 N–H and O–H groups in total. The summed E-state index contributed by atoms with van der Waals surface area (Å²) in [5, 5.41) is 4.15. The topological polar surface area (TPSA) is 64.9 Å². The Hall–Kier alpha value is -1.68. The highest BCUT2D eigenvalue weighted by Gasteiger charge is 2.50. The van der Waals surface area contributed by atoms with Crippen LogP contribution in [0.1, 0.15) is 49.4 Å². The first kappa shape index (κ1) is 12.1. The van der Waals surface area contributed by atoms with Crippen molar-refractivity contribution in [2.45, 2.75) is 49.5 Å². The molecule has 0 spiro atoms. The van der Waals surface area contributed by atoms with Gasteiger partial charge in [0, 0.05) is 0 Å². The summed E-state index contributed by atoms with van der Waals surface area (Å²) in [6.07, 6.45) is 6.33. The molecule has 4 heteroatoms. The van der Waals surface area contributed by atoms with Gasteiger partial charge in [0.05, 0.1) is 11.0 Å². The van der Waals surface area contributed by atoms with Crippen LogP contribution in [0.4, 0.5) is 0 Å². The summed E-state index contributed by atoms with van der Waals surface area (Å²) in [6, 6.07) is 10.5. The molecule has 1 heterocycles. The Balaban J connectivity index is 1.58. The molecule has 0 amide bonds. The lowest BCUT2D eigenvalue weighted by atomic mass is 9.77. The molecular weight excluding hydrogens is 250 g/mol. The van der Waals surface area contributed by atoms with E-state index in [1.54, 1.807) is 0 Å². The predicted octanol–water partition coefficient (Wildman–Crippen LogP) is 2.68. The normalized spacial score (nSPS) is 22.2. The largest absolute Gasteiger partial charge is 0.339 e. The Morgan fingerprint density at radius 2 is 1.85 bits per heavy atom. The molecule has 0 aliphatic heterocycles. The van der Waals surface area contributed by atoms with Crippen LogP contribution in [0, 0.1) is 0 Å². The van der Waals surface area contributed by atoms with Crippen molar-refractivity contribution in [3.05, 3.63) is 47.6 Å². The lowest BCUT2D eigenvalue weighted by Gasteiger charge is -2.34. The summed E-state index contributed by atoms with van der Waals surface area (Å²) in [6.45, 7) is 0. The van der Waals surface area contributed by atoms with Gasteiger partial charge in [-0.25, -0.2) is 0 Å². The van der Waals surface area contributed by atoms with E-state index in [9.17, 15) is 0 Å². The summed E-state index contributed by atoms with van der Waals surface area (Å²) in [4.78, 5) is 4.63. The van der Waals surface area contributed by atoms with E-state index in [0.717, 1.165) is 44.4 Å². The van der Waals surface area contributed by atoms with Crippen molar-refractivity contribution in [1.29, 1.82) is 0 Å². The number of nitrogens with zero attached hydrogens (tertiary/aromatic N) is 2. The van der Waals surface area contributed by atoms with Gasteiger partial charge in [-0.2, -0.15) is 4.98 Å². The van der Waals surface area contributed by atoms with Crippen LogP contribution in [0.5, 0.6) is 0 Å². The average molecular weight is 269 g/mol. The number of hydrogen-bond acceptors (Lipinski definition) is 4. The maximum Gasteiger partial charge on any atom is 0.233 e. The van der Waals surface area contributed by atoms with Crippen LogP contribution in [0.3, 0.4) is 0 Å². The molecule has 20 heavy (non-hydrogen) atoms. The standard InChI is InChI=1S/C16H19N3O/c17-16(7-4-8-16)13-18-14(20-19-13)15(9-10-15)11-12-5-2-1-3-6-12/h1-3,5-6H,4,7-11,17H2. The van der Waals surface area contributed by atoms with Crippen molar-refractivity contribution in [3.63, 3.8) is 0 Å². The number of nitrogens with two attached hydrogens (primary N) is 1. The van der Waals surface area contributed by atoms with Crippen molar-refractivity contribution >= 4 is 0 Å². The van der Waals surface area contributed by atoms with Crippen LogP contribution in [-0.2, 0) is 17.4 Å². The summed E-state index contributed by atoms with van der Waals surface area (Å²) < 4.78 is 5.55. The summed E-state index contributed by atoms with van der Waals surface area (Å²) in [5.41, 5.74) is 7.33. The van der Waals surface area contributed by atoms with Gasteiger partial charge < -0.3 is 10.3 Å². The highest BCUT2D eigenvalue weighted by molar-refractivity contribution is 5.26. The molecule has 2 aromatic rings. The molecule has 4 nitrogen and oxygen atoms in total. The predicted molar refractivity (Wildman–Crippen MR) is 75.1 cm³/mol. The third kappa shape index (κ3) is 1.86. The first-order valence-corrected chi connectivity index (χ1v) is 7.38. The van der Waals surface area contributed by atoms with E-state index in [0.29, 0.717) is 5.82 Å². The molecule has 1 aromatic heterocycles. The van der Waals surface area contributed by atoms with Gasteiger partial charge in [-0.1, -0.05) is 35.5 Å². The zero-order chi connectivity index (χ0) is 13.6. The fraction of sp³-hybridized carbons (Fsp3) is 0.500. The summed E-state index contributed by atoms with van der Waals surface area (Å²) in [5.74, 6) is 1.49. The molecule has 0 unspecified atom stereocenters. The Labute approximate surface area is 118 Å². The minimum absolute atomic E-state index is 0.0622. The number of hydrogen-bond donors (Lipinski definition) is 1. The van der Waals surface area contributed by atoms with E-state index in [2.05, 4.69) is 34.4 Å². The van der Waals surface area contributed by atoms with Crippen LogP contribution in [0.15, 0.2) is 34.9 Å². The second kappa shape index (κ2) is 4.16. The van der Waals surface area contributed by atoms with Gasteiger partial charge in [0.1, 0.15) is 0 Å². The smallest absolute Gasteiger partial charge is 0.233 e. The number of rotatable bonds is 4. The van der Waals surface area contributed by atoms with E-state index in [-0.39, 0.29) is 11.0 Å². The second-order valence-corrected chi connectivity index (χ2v) is 6.38. The monoisotopic (exact) mass is 269 g/mol. The number of aromatic nitrogens is 2. The van der Waals surface area contributed by atoms with Crippen LogP contribution >= 0.6 is 0 Å². The maximum atomic E-state index is 6.27. The molecule has 2 saturated carbocycles. The van der Waals surface area contributed by atoms with Gasteiger partial charge in [0.25, 0.3) is 0 Å². The third-order valence-electron chi connectivity index (χ3n) is 4.81. The summed E-state index contributed by atoms with van der Waals surface area (Å²) in [7, 11) is 0.